The SMILES string of the molecule is Cc1cc(Oc2cccc(CCN)c2)cc(C)c1Cl. The van der Waals surface area contributed by atoms with E-state index in [1.807, 2.05) is 44.2 Å². The van der Waals surface area contributed by atoms with Crippen molar-refractivity contribution in [2.75, 3.05) is 6.54 Å². The summed E-state index contributed by atoms with van der Waals surface area (Å²) in [6, 6.07) is 11.9. The van der Waals surface area contributed by atoms with Crippen molar-refractivity contribution >= 4 is 11.6 Å². The van der Waals surface area contributed by atoms with Crippen molar-refractivity contribution in [2.45, 2.75) is 20.3 Å². The summed E-state index contributed by atoms with van der Waals surface area (Å²) in [7, 11) is 0. The summed E-state index contributed by atoms with van der Waals surface area (Å²) >= 11 is 6.15. The first-order valence-electron chi connectivity index (χ1n) is 6.34. The van der Waals surface area contributed by atoms with Gasteiger partial charge in [0.05, 0.1) is 0 Å². The van der Waals surface area contributed by atoms with Crippen LogP contribution in [0.1, 0.15) is 16.7 Å². The highest BCUT2D eigenvalue weighted by molar-refractivity contribution is 6.32. The highest BCUT2D eigenvalue weighted by Crippen LogP contribution is 2.29. The monoisotopic (exact) mass is 275 g/mol. The molecule has 0 heterocycles. The molecule has 0 spiro atoms. The molecule has 2 rings (SSSR count). The number of halogens is 1. The molecule has 0 amide bonds. The number of hydrogen-bond donors (Lipinski definition) is 1. The standard InChI is InChI=1S/C16H18ClNO/c1-11-8-15(9-12(2)16(11)17)19-14-5-3-4-13(10-14)6-7-18/h3-5,8-10H,6-7,18H2,1-2H3. The van der Waals surface area contributed by atoms with Crippen LogP contribution in [0.5, 0.6) is 11.5 Å². The van der Waals surface area contributed by atoms with Gasteiger partial charge in [-0.05, 0) is 67.8 Å². The van der Waals surface area contributed by atoms with Crippen molar-refractivity contribution in [1.29, 1.82) is 0 Å². The van der Waals surface area contributed by atoms with Crippen LogP contribution in [0.4, 0.5) is 0 Å². The van der Waals surface area contributed by atoms with Crippen LogP contribution in [-0.4, -0.2) is 6.54 Å². The Morgan fingerprint density at radius 3 is 2.37 bits per heavy atom. The molecule has 2 nitrogen and oxygen atoms in total. The van der Waals surface area contributed by atoms with Gasteiger partial charge in [-0.2, -0.15) is 0 Å². The zero-order chi connectivity index (χ0) is 13.8. The first kappa shape index (κ1) is 13.9. The largest absolute Gasteiger partial charge is 0.457 e. The number of aryl methyl sites for hydroxylation is 2. The van der Waals surface area contributed by atoms with E-state index in [-0.39, 0.29) is 0 Å². The molecule has 0 aromatic heterocycles. The van der Waals surface area contributed by atoms with Crippen LogP contribution in [0.3, 0.4) is 0 Å². The Labute approximate surface area is 119 Å². The lowest BCUT2D eigenvalue weighted by atomic mass is 10.1. The van der Waals surface area contributed by atoms with Crippen molar-refractivity contribution in [3.05, 3.63) is 58.1 Å². The number of rotatable bonds is 4. The Hall–Kier alpha value is -1.51. The topological polar surface area (TPSA) is 35.2 Å². The van der Waals surface area contributed by atoms with E-state index in [4.69, 9.17) is 22.1 Å². The molecule has 2 aromatic carbocycles. The van der Waals surface area contributed by atoms with Gasteiger partial charge in [0, 0.05) is 5.02 Å². The molecule has 0 aliphatic heterocycles. The van der Waals surface area contributed by atoms with Gasteiger partial charge in [-0.3, -0.25) is 0 Å². The molecule has 0 fully saturated rings. The lowest BCUT2D eigenvalue weighted by Crippen LogP contribution is -2.02. The number of nitrogens with two attached hydrogens (primary N) is 1. The van der Waals surface area contributed by atoms with Gasteiger partial charge in [0.2, 0.25) is 0 Å². The number of benzene rings is 2. The van der Waals surface area contributed by atoms with Gasteiger partial charge in [0.25, 0.3) is 0 Å². The third-order valence-corrected chi connectivity index (χ3v) is 3.57. The van der Waals surface area contributed by atoms with E-state index in [0.29, 0.717) is 6.54 Å². The maximum absolute atomic E-state index is 6.15. The second-order valence-corrected chi connectivity index (χ2v) is 5.04. The molecule has 2 aromatic rings. The van der Waals surface area contributed by atoms with Crippen LogP contribution in [0.25, 0.3) is 0 Å². The fraction of sp³-hybridized carbons (Fsp3) is 0.250. The molecule has 3 heteroatoms. The molecule has 100 valence electrons. The van der Waals surface area contributed by atoms with E-state index >= 15 is 0 Å². The summed E-state index contributed by atoms with van der Waals surface area (Å²) in [4.78, 5) is 0. The van der Waals surface area contributed by atoms with E-state index in [9.17, 15) is 0 Å². The average Bonchev–Trinajstić information content (AvgIpc) is 2.37. The third kappa shape index (κ3) is 3.49. The Kier molecular flexibility index (Phi) is 4.46. The van der Waals surface area contributed by atoms with Gasteiger partial charge in [-0.1, -0.05) is 23.7 Å². The molecular weight excluding hydrogens is 258 g/mol. The van der Waals surface area contributed by atoms with Crippen molar-refractivity contribution in [1.82, 2.24) is 0 Å². The highest BCUT2D eigenvalue weighted by atomic mass is 35.5. The van der Waals surface area contributed by atoms with E-state index < -0.39 is 0 Å². The lowest BCUT2D eigenvalue weighted by molar-refractivity contribution is 0.481. The Morgan fingerprint density at radius 2 is 1.74 bits per heavy atom. The van der Waals surface area contributed by atoms with Crippen LogP contribution >= 0.6 is 11.6 Å². The van der Waals surface area contributed by atoms with Crippen LogP contribution in [0.15, 0.2) is 36.4 Å². The molecule has 0 unspecified atom stereocenters. The van der Waals surface area contributed by atoms with E-state index in [1.165, 1.54) is 5.56 Å². The normalized spacial score (nSPS) is 10.5. The molecule has 0 aliphatic carbocycles. The van der Waals surface area contributed by atoms with Gasteiger partial charge >= 0.3 is 0 Å². The maximum Gasteiger partial charge on any atom is 0.128 e. The molecule has 0 bridgehead atoms. The first-order chi connectivity index (χ1) is 9.10. The van der Waals surface area contributed by atoms with Crippen molar-refractivity contribution in [2.24, 2.45) is 5.73 Å². The quantitative estimate of drug-likeness (QED) is 0.905. The minimum Gasteiger partial charge on any atom is -0.457 e. The summed E-state index contributed by atoms with van der Waals surface area (Å²) in [5.41, 5.74) is 8.79. The van der Waals surface area contributed by atoms with Gasteiger partial charge < -0.3 is 10.5 Å². The van der Waals surface area contributed by atoms with E-state index in [0.717, 1.165) is 34.1 Å². The molecular formula is C16H18ClNO. The molecule has 0 aliphatic rings. The maximum atomic E-state index is 6.15. The number of ether oxygens (including phenoxy) is 1. The summed E-state index contributed by atoms with van der Waals surface area (Å²) in [6.45, 7) is 4.60. The van der Waals surface area contributed by atoms with E-state index in [1.54, 1.807) is 0 Å². The summed E-state index contributed by atoms with van der Waals surface area (Å²) in [6.07, 6.45) is 0.857. The van der Waals surface area contributed by atoms with E-state index in [2.05, 4.69) is 6.07 Å². The smallest absolute Gasteiger partial charge is 0.128 e. The van der Waals surface area contributed by atoms with Crippen molar-refractivity contribution in [3.8, 4) is 11.5 Å². The molecule has 0 radical (unpaired) electrons. The average molecular weight is 276 g/mol. The zero-order valence-corrected chi connectivity index (χ0v) is 12.0. The van der Waals surface area contributed by atoms with Crippen molar-refractivity contribution < 1.29 is 4.74 Å². The Morgan fingerprint density at radius 1 is 1.05 bits per heavy atom. The predicted molar refractivity (Wildman–Crippen MR) is 80.2 cm³/mol. The van der Waals surface area contributed by atoms with Crippen LogP contribution in [0, 0.1) is 13.8 Å². The Balaban J connectivity index is 2.23. The second-order valence-electron chi connectivity index (χ2n) is 4.66. The molecule has 0 atom stereocenters. The van der Waals surface area contributed by atoms with Crippen molar-refractivity contribution in [3.63, 3.8) is 0 Å². The fourth-order valence-corrected chi connectivity index (χ4v) is 2.14. The highest BCUT2D eigenvalue weighted by Gasteiger charge is 2.05. The van der Waals surface area contributed by atoms with Gasteiger partial charge in [0.15, 0.2) is 0 Å². The van der Waals surface area contributed by atoms with Gasteiger partial charge in [-0.25, -0.2) is 0 Å². The summed E-state index contributed by atoms with van der Waals surface area (Å²) in [5, 5.41) is 0.796. The zero-order valence-electron chi connectivity index (χ0n) is 11.2. The van der Waals surface area contributed by atoms with Gasteiger partial charge in [0.1, 0.15) is 11.5 Å². The molecule has 19 heavy (non-hydrogen) atoms. The Bertz CT molecular complexity index is 558. The minimum atomic E-state index is 0.641. The molecule has 0 saturated heterocycles. The summed E-state index contributed by atoms with van der Waals surface area (Å²) < 4.78 is 5.88. The van der Waals surface area contributed by atoms with Crippen LogP contribution in [-0.2, 0) is 6.42 Å². The molecule has 2 N–H and O–H groups in total. The van der Waals surface area contributed by atoms with Gasteiger partial charge in [-0.15, -0.1) is 0 Å². The summed E-state index contributed by atoms with van der Waals surface area (Å²) in [5.74, 6) is 1.64. The minimum absolute atomic E-state index is 0.641. The fourth-order valence-electron chi connectivity index (χ4n) is 2.03. The second kappa shape index (κ2) is 6.09. The van der Waals surface area contributed by atoms with Crippen LogP contribution in [0.2, 0.25) is 5.02 Å². The van der Waals surface area contributed by atoms with Crippen LogP contribution < -0.4 is 10.5 Å². The lowest BCUT2D eigenvalue weighted by Gasteiger charge is -2.10. The number of hydrogen-bond acceptors (Lipinski definition) is 2. The predicted octanol–water partition coefficient (Wildman–Crippen LogP) is 4.25. The third-order valence-electron chi connectivity index (χ3n) is 2.98. The molecule has 0 saturated carbocycles. The first-order valence-corrected chi connectivity index (χ1v) is 6.71.